The predicted molar refractivity (Wildman–Crippen MR) is 124 cm³/mol. The normalized spacial score (nSPS) is 23.3. The summed E-state index contributed by atoms with van der Waals surface area (Å²) >= 11 is 0. The van der Waals surface area contributed by atoms with Gasteiger partial charge in [0.1, 0.15) is 12.4 Å². The number of nitrogens with zero attached hydrogens (tertiary/aromatic N) is 4. The molecule has 2 atom stereocenters. The molecule has 3 heterocycles. The van der Waals surface area contributed by atoms with Gasteiger partial charge in [-0.1, -0.05) is 12.5 Å². The van der Waals surface area contributed by atoms with Crippen LogP contribution in [-0.2, 0) is 17.8 Å². The lowest BCUT2D eigenvalue weighted by atomic mass is 9.89. The minimum Gasteiger partial charge on any atom is -0.492 e. The van der Waals surface area contributed by atoms with Crippen molar-refractivity contribution in [3.8, 4) is 5.75 Å². The van der Waals surface area contributed by atoms with Gasteiger partial charge in [-0.3, -0.25) is 14.4 Å². The zero-order chi connectivity index (χ0) is 22.3. The number of amides is 1. The highest BCUT2D eigenvalue weighted by molar-refractivity contribution is 5.94. The molecule has 0 N–H and O–H groups in total. The molecule has 0 spiro atoms. The summed E-state index contributed by atoms with van der Waals surface area (Å²) in [6.07, 6.45) is 8.57. The van der Waals surface area contributed by atoms with Gasteiger partial charge in [-0.15, -0.1) is 0 Å². The molecule has 0 aliphatic carbocycles. The lowest BCUT2D eigenvalue weighted by Crippen LogP contribution is -2.46. The molecule has 7 heteroatoms. The Kier molecular flexibility index (Phi) is 7.81. The Balaban J connectivity index is 1.49. The molecule has 1 aromatic heterocycles. The first kappa shape index (κ1) is 22.8. The van der Waals surface area contributed by atoms with E-state index in [1.807, 2.05) is 40.0 Å². The SMILES string of the molecule is CCn1cc(CN2CCCC[C@@H]3CN(CC[C@@H]3OC)C(=O)c3cccc(c3)OCC2)cn1. The van der Waals surface area contributed by atoms with Crippen LogP contribution in [0.5, 0.6) is 5.75 Å². The Morgan fingerprint density at radius 2 is 2.09 bits per heavy atom. The molecule has 7 nitrogen and oxygen atoms in total. The number of carbonyl (C=O) groups excluding carboxylic acids is 1. The molecule has 2 aliphatic heterocycles. The molecule has 4 rings (SSSR count). The van der Waals surface area contributed by atoms with E-state index in [-0.39, 0.29) is 12.0 Å². The number of hydrogen-bond acceptors (Lipinski definition) is 5. The van der Waals surface area contributed by atoms with Crippen LogP contribution in [0.15, 0.2) is 36.7 Å². The molecule has 0 saturated carbocycles. The summed E-state index contributed by atoms with van der Waals surface area (Å²) in [5.74, 6) is 1.24. The van der Waals surface area contributed by atoms with Gasteiger partial charge in [-0.2, -0.15) is 5.10 Å². The van der Waals surface area contributed by atoms with Crippen molar-refractivity contribution >= 4 is 5.91 Å². The molecule has 0 radical (unpaired) electrons. The molecular weight excluding hydrogens is 404 g/mol. The lowest BCUT2D eigenvalue weighted by Gasteiger charge is -2.38. The van der Waals surface area contributed by atoms with E-state index in [1.165, 1.54) is 5.56 Å². The van der Waals surface area contributed by atoms with Crippen molar-refractivity contribution in [3.05, 3.63) is 47.8 Å². The number of ether oxygens (including phenoxy) is 2. The fourth-order valence-corrected chi connectivity index (χ4v) is 4.91. The van der Waals surface area contributed by atoms with E-state index in [1.54, 1.807) is 7.11 Å². The van der Waals surface area contributed by atoms with Crippen LogP contribution < -0.4 is 4.74 Å². The van der Waals surface area contributed by atoms with E-state index >= 15 is 0 Å². The van der Waals surface area contributed by atoms with Gasteiger partial charge in [0.05, 0.1) is 12.3 Å². The Morgan fingerprint density at radius 3 is 2.91 bits per heavy atom. The van der Waals surface area contributed by atoms with Crippen molar-refractivity contribution in [3.63, 3.8) is 0 Å². The Labute approximate surface area is 191 Å². The summed E-state index contributed by atoms with van der Waals surface area (Å²) in [7, 11) is 1.80. The number of aromatic nitrogens is 2. The highest BCUT2D eigenvalue weighted by Crippen LogP contribution is 2.27. The zero-order valence-corrected chi connectivity index (χ0v) is 19.4. The van der Waals surface area contributed by atoms with Crippen molar-refractivity contribution in [2.24, 2.45) is 5.92 Å². The molecule has 1 fully saturated rings. The molecule has 0 unspecified atom stereocenters. The van der Waals surface area contributed by atoms with Gasteiger partial charge in [-0.05, 0) is 50.9 Å². The maximum absolute atomic E-state index is 13.1. The Hall–Kier alpha value is -2.38. The van der Waals surface area contributed by atoms with Crippen molar-refractivity contribution in [1.82, 2.24) is 19.6 Å². The molecule has 2 aliphatic rings. The molecule has 1 saturated heterocycles. The topological polar surface area (TPSA) is 59.8 Å². The predicted octanol–water partition coefficient (Wildman–Crippen LogP) is 3.45. The molecule has 174 valence electrons. The quantitative estimate of drug-likeness (QED) is 0.729. The largest absolute Gasteiger partial charge is 0.492 e. The second-order valence-corrected chi connectivity index (χ2v) is 8.93. The van der Waals surface area contributed by atoms with Crippen LogP contribution in [0.25, 0.3) is 0 Å². The van der Waals surface area contributed by atoms with E-state index in [2.05, 4.69) is 23.1 Å². The van der Waals surface area contributed by atoms with E-state index in [9.17, 15) is 4.79 Å². The van der Waals surface area contributed by atoms with E-state index in [0.29, 0.717) is 18.1 Å². The van der Waals surface area contributed by atoms with Gasteiger partial charge in [-0.25, -0.2) is 0 Å². The van der Waals surface area contributed by atoms with Crippen LogP contribution in [0.1, 0.15) is 48.5 Å². The second kappa shape index (κ2) is 11.0. The average molecular weight is 441 g/mol. The van der Waals surface area contributed by atoms with E-state index in [4.69, 9.17) is 9.47 Å². The number of hydrogen-bond donors (Lipinski definition) is 0. The number of fused-ring (bicyclic) bond motifs is 4. The van der Waals surface area contributed by atoms with Gasteiger partial charge in [0, 0.05) is 63.1 Å². The maximum atomic E-state index is 13.1. The van der Waals surface area contributed by atoms with Crippen molar-refractivity contribution in [2.75, 3.05) is 39.9 Å². The Morgan fingerprint density at radius 1 is 1.19 bits per heavy atom. The molecular formula is C25H36N4O3. The van der Waals surface area contributed by atoms with Gasteiger partial charge < -0.3 is 14.4 Å². The summed E-state index contributed by atoms with van der Waals surface area (Å²) in [6.45, 7) is 7.84. The monoisotopic (exact) mass is 440 g/mol. The molecule has 32 heavy (non-hydrogen) atoms. The minimum absolute atomic E-state index is 0.0967. The minimum atomic E-state index is 0.0967. The van der Waals surface area contributed by atoms with Crippen LogP contribution in [0.2, 0.25) is 0 Å². The van der Waals surface area contributed by atoms with Crippen LogP contribution in [0, 0.1) is 5.92 Å². The number of aryl methyl sites for hydroxylation is 1. The highest BCUT2D eigenvalue weighted by atomic mass is 16.5. The number of carbonyl (C=O) groups is 1. The summed E-state index contributed by atoms with van der Waals surface area (Å²) in [5.41, 5.74) is 1.94. The van der Waals surface area contributed by atoms with Crippen LogP contribution in [0.4, 0.5) is 0 Å². The van der Waals surface area contributed by atoms with Crippen LogP contribution >= 0.6 is 0 Å². The van der Waals surface area contributed by atoms with E-state index in [0.717, 1.165) is 70.7 Å². The lowest BCUT2D eigenvalue weighted by molar-refractivity contribution is -0.00676. The molecule has 1 aromatic carbocycles. The number of piperidine rings is 1. The van der Waals surface area contributed by atoms with Gasteiger partial charge >= 0.3 is 0 Å². The zero-order valence-electron chi connectivity index (χ0n) is 19.4. The molecule has 2 aromatic rings. The smallest absolute Gasteiger partial charge is 0.254 e. The summed E-state index contributed by atoms with van der Waals surface area (Å²) in [6, 6.07) is 7.62. The second-order valence-electron chi connectivity index (χ2n) is 8.93. The first-order valence-corrected chi connectivity index (χ1v) is 11.9. The standard InChI is InChI=1S/C25H36N4O3/c1-3-29-18-20(16-26-29)17-27-11-5-4-7-22-19-28(12-10-24(22)31-2)25(30)21-8-6-9-23(15-21)32-14-13-27/h6,8-9,15-16,18,22,24H,3-5,7,10-14,17,19H2,1-2H3/t22-,24+/m1/s1. The highest BCUT2D eigenvalue weighted by Gasteiger charge is 2.31. The molecule has 1 amide bonds. The third-order valence-corrected chi connectivity index (χ3v) is 6.73. The number of rotatable bonds is 4. The van der Waals surface area contributed by atoms with Gasteiger partial charge in [0.25, 0.3) is 5.91 Å². The van der Waals surface area contributed by atoms with Crippen molar-refractivity contribution < 1.29 is 14.3 Å². The third-order valence-electron chi connectivity index (χ3n) is 6.73. The summed E-state index contributed by atoms with van der Waals surface area (Å²) in [5, 5.41) is 4.42. The average Bonchev–Trinajstić information content (AvgIpc) is 3.28. The fraction of sp³-hybridized carbons (Fsp3) is 0.600. The van der Waals surface area contributed by atoms with Crippen LogP contribution in [0.3, 0.4) is 0 Å². The van der Waals surface area contributed by atoms with Crippen molar-refractivity contribution in [2.45, 2.75) is 51.8 Å². The first-order chi connectivity index (χ1) is 15.7. The Bertz CT molecular complexity index is 884. The first-order valence-electron chi connectivity index (χ1n) is 11.9. The van der Waals surface area contributed by atoms with Crippen LogP contribution in [-0.4, -0.2) is 71.5 Å². The molecule has 4 bridgehead atoms. The summed E-state index contributed by atoms with van der Waals surface area (Å²) < 4.78 is 13.8. The summed E-state index contributed by atoms with van der Waals surface area (Å²) in [4.78, 5) is 17.6. The number of methoxy groups -OCH3 is 1. The maximum Gasteiger partial charge on any atom is 0.254 e. The van der Waals surface area contributed by atoms with Gasteiger partial charge in [0.2, 0.25) is 0 Å². The van der Waals surface area contributed by atoms with Crippen molar-refractivity contribution in [1.29, 1.82) is 0 Å². The van der Waals surface area contributed by atoms with Gasteiger partial charge in [0.15, 0.2) is 0 Å². The third kappa shape index (κ3) is 5.70. The van der Waals surface area contributed by atoms with E-state index < -0.39 is 0 Å². The fourth-order valence-electron chi connectivity index (χ4n) is 4.91. The number of benzene rings is 1.